The maximum absolute atomic E-state index is 12.0. The minimum absolute atomic E-state index is 0.0194. The van der Waals surface area contributed by atoms with Crippen molar-refractivity contribution in [2.24, 2.45) is 0 Å². The Kier molecular flexibility index (Phi) is 4.96. The summed E-state index contributed by atoms with van der Waals surface area (Å²) in [4.78, 5) is 41.1. The summed E-state index contributed by atoms with van der Waals surface area (Å²) in [6, 6.07) is 5.54. The number of nitro groups is 1. The van der Waals surface area contributed by atoms with Gasteiger partial charge in [0, 0.05) is 11.6 Å². The molecule has 9 nitrogen and oxygen atoms in total. The average molecular weight is 346 g/mol. The molecule has 0 bridgehead atoms. The molecular formula is C14H10N4O5S. The SMILES string of the molecule is COC(=O)c1c(-c2nc(SC)[nH]c(=O)c2C#N)cccc1[N+](=O)[O-]. The van der Waals surface area contributed by atoms with Crippen LogP contribution < -0.4 is 5.56 Å². The minimum atomic E-state index is -0.964. The van der Waals surface area contributed by atoms with Gasteiger partial charge in [0.15, 0.2) is 5.16 Å². The van der Waals surface area contributed by atoms with Crippen LogP contribution in [0.3, 0.4) is 0 Å². The van der Waals surface area contributed by atoms with Crippen LogP contribution in [0.2, 0.25) is 0 Å². The number of methoxy groups -OCH3 is 1. The van der Waals surface area contributed by atoms with Gasteiger partial charge < -0.3 is 9.72 Å². The molecule has 1 N–H and O–H groups in total. The lowest BCUT2D eigenvalue weighted by Crippen LogP contribution is -2.16. The molecule has 0 saturated heterocycles. The lowest BCUT2D eigenvalue weighted by Gasteiger charge is -2.10. The van der Waals surface area contributed by atoms with Crippen molar-refractivity contribution in [3.8, 4) is 17.3 Å². The number of carbonyl (C=O) groups excluding carboxylic acids is 1. The number of nitriles is 1. The molecule has 0 amide bonds. The van der Waals surface area contributed by atoms with E-state index in [9.17, 15) is 25.0 Å². The minimum Gasteiger partial charge on any atom is -0.465 e. The van der Waals surface area contributed by atoms with Crippen LogP contribution >= 0.6 is 11.8 Å². The lowest BCUT2D eigenvalue weighted by molar-refractivity contribution is -0.385. The Morgan fingerprint density at radius 1 is 1.50 bits per heavy atom. The quantitative estimate of drug-likeness (QED) is 0.290. The molecule has 24 heavy (non-hydrogen) atoms. The molecule has 2 aromatic rings. The molecular weight excluding hydrogens is 336 g/mol. The molecule has 1 aromatic heterocycles. The number of nitrogens with one attached hydrogen (secondary N) is 1. The van der Waals surface area contributed by atoms with Crippen LogP contribution in [0.5, 0.6) is 0 Å². The highest BCUT2D eigenvalue weighted by Gasteiger charge is 2.28. The molecule has 0 aliphatic heterocycles. The number of rotatable bonds is 4. The first-order valence-corrected chi connectivity index (χ1v) is 7.61. The molecule has 0 aliphatic rings. The van der Waals surface area contributed by atoms with E-state index in [2.05, 4.69) is 14.7 Å². The van der Waals surface area contributed by atoms with E-state index in [4.69, 9.17) is 0 Å². The van der Waals surface area contributed by atoms with Crippen LogP contribution in [-0.4, -0.2) is 34.2 Å². The van der Waals surface area contributed by atoms with Crippen molar-refractivity contribution in [2.75, 3.05) is 13.4 Å². The topological polar surface area (TPSA) is 139 Å². The summed E-state index contributed by atoms with van der Waals surface area (Å²) in [6.45, 7) is 0. The molecule has 0 aliphatic carbocycles. The second-order valence-electron chi connectivity index (χ2n) is 4.36. The Morgan fingerprint density at radius 2 is 2.21 bits per heavy atom. The third-order valence-corrected chi connectivity index (χ3v) is 3.67. The van der Waals surface area contributed by atoms with Crippen molar-refractivity contribution in [3.05, 3.63) is 49.8 Å². The number of hydrogen-bond donors (Lipinski definition) is 1. The molecule has 0 spiro atoms. The van der Waals surface area contributed by atoms with Gasteiger partial charge >= 0.3 is 5.97 Å². The molecule has 1 aromatic carbocycles. The van der Waals surface area contributed by atoms with E-state index in [0.29, 0.717) is 0 Å². The standard InChI is InChI=1S/C14H10N4O5S/c1-23-13(20)10-7(4-3-5-9(10)18(21)22)11-8(6-15)12(19)17-14(16-11)24-2/h3-5H,1-2H3,(H,16,17,19). The fourth-order valence-corrected chi connectivity index (χ4v) is 2.43. The molecule has 0 atom stereocenters. The number of benzene rings is 1. The van der Waals surface area contributed by atoms with Gasteiger partial charge in [0.2, 0.25) is 0 Å². The summed E-state index contributed by atoms with van der Waals surface area (Å²) in [7, 11) is 1.08. The maximum Gasteiger partial charge on any atom is 0.345 e. The van der Waals surface area contributed by atoms with Gasteiger partial charge in [-0.2, -0.15) is 5.26 Å². The fourth-order valence-electron chi connectivity index (χ4n) is 2.05. The van der Waals surface area contributed by atoms with Gasteiger partial charge in [0.25, 0.3) is 11.2 Å². The molecule has 10 heteroatoms. The van der Waals surface area contributed by atoms with Gasteiger partial charge in [0.1, 0.15) is 17.2 Å². The van der Waals surface area contributed by atoms with E-state index in [1.165, 1.54) is 12.1 Å². The smallest absolute Gasteiger partial charge is 0.345 e. The Balaban J connectivity index is 2.93. The van der Waals surface area contributed by atoms with Crippen LogP contribution in [-0.2, 0) is 4.74 Å². The predicted molar refractivity (Wildman–Crippen MR) is 84.8 cm³/mol. The molecule has 0 unspecified atom stereocenters. The Hall–Kier alpha value is -3.19. The average Bonchev–Trinajstić information content (AvgIpc) is 2.59. The summed E-state index contributed by atoms with van der Waals surface area (Å²) < 4.78 is 4.60. The van der Waals surface area contributed by atoms with Gasteiger partial charge in [-0.25, -0.2) is 9.78 Å². The first-order chi connectivity index (χ1) is 11.4. The van der Waals surface area contributed by atoms with E-state index in [1.807, 2.05) is 0 Å². The van der Waals surface area contributed by atoms with Gasteiger partial charge in [-0.1, -0.05) is 23.9 Å². The maximum atomic E-state index is 12.0. The predicted octanol–water partition coefficient (Wildman–Crippen LogP) is 1.73. The summed E-state index contributed by atoms with van der Waals surface area (Å²) in [6.07, 6.45) is 1.66. The highest BCUT2D eigenvalue weighted by atomic mass is 32.2. The van der Waals surface area contributed by atoms with Crippen LogP contribution in [0.25, 0.3) is 11.3 Å². The third-order valence-electron chi connectivity index (χ3n) is 3.09. The van der Waals surface area contributed by atoms with E-state index < -0.39 is 22.1 Å². The van der Waals surface area contributed by atoms with E-state index in [0.717, 1.165) is 24.9 Å². The number of H-pyrrole nitrogens is 1. The van der Waals surface area contributed by atoms with E-state index in [-0.39, 0.29) is 27.5 Å². The number of ether oxygens (including phenoxy) is 1. The number of esters is 1. The van der Waals surface area contributed by atoms with Crippen LogP contribution in [0, 0.1) is 21.4 Å². The molecule has 0 saturated carbocycles. The van der Waals surface area contributed by atoms with Crippen molar-refractivity contribution in [1.29, 1.82) is 5.26 Å². The zero-order valence-electron chi connectivity index (χ0n) is 12.5. The van der Waals surface area contributed by atoms with Crippen molar-refractivity contribution >= 4 is 23.4 Å². The number of thioether (sulfide) groups is 1. The van der Waals surface area contributed by atoms with E-state index in [1.54, 1.807) is 12.3 Å². The van der Waals surface area contributed by atoms with Crippen LogP contribution in [0.4, 0.5) is 5.69 Å². The first kappa shape index (κ1) is 17.2. The van der Waals surface area contributed by atoms with Gasteiger partial charge in [0.05, 0.1) is 17.7 Å². The number of carbonyl (C=O) groups is 1. The monoisotopic (exact) mass is 346 g/mol. The Morgan fingerprint density at radius 3 is 2.75 bits per heavy atom. The van der Waals surface area contributed by atoms with Gasteiger partial charge in [-0.15, -0.1) is 0 Å². The number of nitro benzene ring substituents is 1. The van der Waals surface area contributed by atoms with Crippen LogP contribution in [0.1, 0.15) is 15.9 Å². The summed E-state index contributed by atoms with van der Waals surface area (Å²) in [5.41, 5.74) is -2.06. The van der Waals surface area contributed by atoms with Crippen molar-refractivity contribution in [1.82, 2.24) is 9.97 Å². The normalized spacial score (nSPS) is 10.0. The summed E-state index contributed by atoms with van der Waals surface area (Å²) >= 11 is 1.12. The second-order valence-corrected chi connectivity index (χ2v) is 5.15. The number of aromatic nitrogens is 2. The number of nitrogens with zero attached hydrogens (tertiary/aromatic N) is 3. The van der Waals surface area contributed by atoms with Crippen molar-refractivity contribution < 1.29 is 14.5 Å². The lowest BCUT2D eigenvalue weighted by atomic mass is 9.99. The third kappa shape index (κ3) is 2.97. The molecule has 0 fully saturated rings. The van der Waals surface area contributed by atoms with Crippen molar-refractivity contribution in [3.63, 3.8) is 0 Å². The van der Waals surface area contributed by atoms with Gasteiger partial charge in [-0.05, 0) is 6.26 Å². The number of hydrogen-bond acceptors (Lipinski definition) is 8. The molecule has 2 rings (SSSR count). The zero-order chi connectivity index (χ0) is 17.9. The van der Waals surface area contributed by atoms with Crippen LogP contribution in [0.15, 0.2) is 28.2 Å². The summed E-state index contributed by atoms with van der Waals surface area (Å²) in [5.74, 6) is -0.964. The number of aromatic amines is 1. The fraction of sp³-hybridized carbons (Fsp3) is 0.143. The second kappa shape index (κ2) is 6.93. The first-order valence-electron chi connectivity index (χ1n) is 6.39. The molecule has 1 heterocycles. The molecule has 0 radical (unpaired) electrons. The molecule has 122 valence electrons. The highest BCUT2D eigenvalue weighted by molar-refractivity contribution is 7.98. The Bertz CT molecular complexity index is 932. The zero-order valence-corrected chi connectivity index (χ0v) is 13.3. The Labute approximate surface area is 139 Å². The summed E-state index contributed by atoms with van der Waals surface area (Å²) in [5, 5.41) is 20.6. The van der Waals surface area contributed by atoms with E-state index >= 15 is 0 Å². The van der Waals surface area contributed by atoms with Crippen molar-refractivity contribution in [2.45, 2.75) is 5.16 Å². The highest BCUT2D eigenvalue weighted by Crippen LogP contribution is 2.31. The van der Waals surface area contributed by atoms with Gasteiger partial charge in [-0.3, -0.25) is 14.9 Å². The largest absolute Gasteiger partial charge is 0.465 e.